The highest BCUT2D eigenvalue weighted by Gasteiger charge is 2.07. The van der Waals surface area contributed by atoms with Crippen LogP contribution in [0.3, 0.4) is 0 Å². The molecule has 0 atom stereocenters. The van der Waals surface area contributed by atoms with Crippen molar-refractivity contribution in [3.63, 3.8) is 0 Å². The minimum atomic E-state index is -1.04. The van der Waals surface area contributed by atoms with E-state index in [1.54, 1.807) is 0 Å². The first kappa shape index (κ1) is 8.41. The number of carboxylic acid groups (broad SMARTS) is 1. The van der Waals surface area contributed by atoms with E-state index >= 15 is 0 Å². The molecule has 0 aliphatic carbocycles. The summed E-state index contributed by atoms with van der Waals surface area (Å²) in [5, 5.41) is 8.22. The molecule has 11 heavy (non-hydrogen) atoms. The van der Waals surface area contributed by atoms with E-state index in [-0.39, 0.29) is 5.88 Å². The fraction of sp³-hybridized carbons (Fsp3) is 0.250. The molecule has 0 unspecified atom stereocenters. The first-order valence-corrected chi connectivity index (χ1v) is 4.05. The van der Waals surface area contributed by atoms with E-state index in [2.05, 4.69) is 24.7 Å². The Morgan fingerprint density at radius 3 is 2.91 bits per heavy atom. The standard InChI is InChI=1S/C4H3BrN2O3S/c5-3-4(7-11-6-3)10-1-2(8)9/h1H2,(H,8,9). The molecule has 60 valence electrons. The molecule has 0 amide bonds. The molecule has 1 rings (SSSR count). The predicted molar refractivity (Wildman–Crippen MR) is 40.7 cm³/mol. The van der Waals surface area contributed by atoms with Crippen molar-refractivity contribution in [2.45, 2.75) is 0 Å². The Morgan fingerprint density at radius 2 is 2.45 bits per heavy atom. The van der Waals surface area contributed by atoms with E-state index in [1.807, 2.05) is 0 Å². The monoisotopic (exact) mass is 238 g/mol. The molecule has 1 aromatic rings. The van der Waals surface area contributed by atoms with Crippen LogP contribution in [0.5, 0.6) is 5.88 Å². The number of rotatable bonds is 3. The van der Waals surface area contributed by atoms with Gasteiger partial charge in [0, 0.05) is 0 Å². The van der Waals surface area contributed by atoms with Crippen molar-refractivity contribution in [1.29, 1.82) is 0 Å². The van der Waals surface area contributed by atoms with E-state index in [1.165, 1.54) is 0 Å². The zero-order valence-corrected chi connectivity index (χ0v) is 7.55. The van der Waals surface area contributed by atoms with Crippen molar-refractivity contribution < 1.29 is 14.6 Å². The summed E-state index contributed by atoms with van der Waals surface area (Å²) < 4.78 is 12.6. The van der Waals surface area contributed by atoms with E-state index in [9.17, 15) is 4.79 Å². The average molecular weight is 239 g/mol. The summed E-state index contributed by atoms with van der Waals surface area (Å²) in [4.78, 5) is 10.0. The number of aliphatic carboxylic acids is 1. The maximum Gasteiger partial charge on any atom is 0.341 e. The molecule has 0 saturated carbocycles. The van der Waals surface area contributed by atoms with Crippen LogP contribution in [0.15, 0.2) is 4.60 Å². The SMILES string of the molecule is O=C(O)COc1nsnc1Br. The summed E-state index contributed by atoms with van der Waals surface area (Å²) in [6.07, 6.45) is 0. The van der Waals surface area contributed by atoms with Gasteiger partial charge in [0.15, 0.2) is 11.2 Å². The molecule has 0 radical (unpaired) electrons. The smallest absolute Gasteiger partial charge is 0.341 e. The lowest BCUT2D eigenvalue weighted by Crippen LogP contribution is -2.09. The third-order valence-corrected chi connectivity index (χ3v) is 2.02. The zero-order chi connectivity index (χ0) is 8.27. The van der Waals surface area contributed by atoms with Gasteiger partial charge < -0.3 is 9.84 Å². The van der Waals surface area contributed by atoms with Gasteiger partial charge in [-0.1, -0.05) is 0 Å². The Balaban J connectivity index is 2.51. The molecule has 0 aliphatic heterocycles. The topological polar surface area (TPSA) is 72.3 Å². The van der Waals surface area contributed by atoms with E-state index in [4.69, 9.17) is 9.84 Å². The third-order valence-electron chi connectivity index (χ3n) is 0.754. The van der Waals surface area contributed by atoms with Crippen LogP contribution in [0.2, 0.25) is 0 Å². The lowest BCUT2D eigenvalue weighted by molar-refractivity contribution is -0.139. The average Bonchev–Trinajstić information content (AvgIpc) is 2.31. The summed E-state index contributed by atoms with van der Waals surface area (Å²) in [7, 11) is 0. The Hall–Kier alpha value is -0.690. The third kappa shape index (κ3) is 2.43. The maximum absolute atomic E-state index is 10.0. The molecule has 1 N–H and O–H groups in total. The van der Waals surface area contributed by atoms with Crippen molar-refractivity contribution in [1.82, 2.24) is 8.75 Å². The van der Waals surface area contributed by atoms with Crippen LogP contribution in [0.1, 0.15) is 0 Å². The Morgan fingerprint density at radius 1 is 1.73 bits per heavy atom. The minimum absolute atomic E-state index is 0.220. The fourth-order valence-electron chi connectivity index (χ4n) is 0.386. The molecule has 0 aliphatic rings. The molecule has 1 aromatic heterocycles. The van der Waals surface area contributed by atoms with Crippen LogP contribution in [0.4, 0.5) is 0 Å². The lowest BCUT2D eigenvalue weighted by atomic mass is 10.7. The number of aromatic nitrogens is 2. The Bertz CT molecular complexity index is 264. The Labute approximate surface area is 74.5 Å². The quantitative estimate of drug-likeness (QED) is 0.843. The van der Waals surface area contributed by atoms with Crippen LogP contribution in [0.25, 0.3) is 0 Å². The lowest BCUT2D eigenvalue weighted by Gasteiger charge is -1.95. The summed E-state index contributed by atoms with van der Waals surface area (Å²) in [5.41, 5.74) is 0. The van der Waals surface area contributed by atoms with Crippen LogP contribution >= 0.6 is 27.7 Å². The van der Waals surface area contributed by atoms with Crippen LogP contribution in [-0.2, 0) is 4.79 Å². The summed E-state index contributed by atoms with van der Waals surface area (Å²) in [5.74, 6) is -0.817. The normalized spacial score (nSPS) is 9.55. The summed E-state index contributed by atoms with van der Waals surface area (Å²) in [6.45, 7) is -0.399. The van der Waals surface area contributed by atoms with Crippen molar-refractivity contribution in [2.24, 2.45) is 0 Å². The number of hydrogen-bond donors (Lipinski definition) is 1. The highest BCUT2D eigenvalue weighted by molar-refractivity contribution is 9.10. The molecule has 7 heteroatoms. The van der Waals surface area contributed by atoms with Gasteiger partial charge in [-0.15, -0.1) is 4.37 Å². The van der Waals surface area contributed by atoms with Gasteiger partial charge in [-0.2, -0.15) is 4.37 Å². The van der Waals surface area contributed by atoms with Crippen molar-refractivity contribution in [2.75, 3.05) is 6.61 Å². The minimum Gasteiger partial charge on any atom is -0.479 e. The number of carbonyl (C=O) groups is 1. The molecule has 5 nitrogen and oxygen atoms in total. The van der Waals surface area contributed by atoms with Gasteiger partial charge in [0.2, 0.25) is 0 Å². The molecule has 0 spiro atoms. The highest BCUT2D eigenvalue weighted by atomic mass is 79.9. The molecule has 0 saturated heterocycles. The second-order valence-corrected chi connectivity index (χ2v) is 2.82. The number of halogens is 1. The molecule has 0 fully saturated rings. The van der Waals surface area contributed by atoms with Gasteiger partial charge in [-0.3, -0.25) is 0 Å². The van der Waals surface area contributed by atoms with Gasteiger partial charge in [-0.25, -0.2) is 4.79 Å². The summed E-state index contributed by atoms with van der Waals surface area (Å²) >= 11 is 3.99. The van der Waals surface area contributed by atoms with E-state index in [0.717, 1.165) is 11.7 Å². The fourth-order valence-corrected chi connectivity index (χ4v) is 1.30. The second kappa shape index (κ2) is 3.63. The molecular weight excluding hydrogens is 236 g/mol. The maximum atomic E-state index is 10.0. The first-order valence-electron chi connectivity index (χ1n) is 2.53. The zero-order valence-electron chi connectivity index (χ0n) is 5.15. The summed E-state index contributed by atoms with van der Waals surface area (Å²) in [6, 6.07) is 0. The number of ether oxygens (including phenoxy) is 1. The van der Waals surface area contributed by atoms with Gasteiger partial charge in [0.25, 0.3) is 5.88 Å². The molecule has 0 bridgehead atoms. The number of hydrogen-bond acceptors (Lipinski definition) is 5. The highest BCUT2D eigenvalue weighted by Crippen LogP contribution is 2.20. The second-order valence-electron chi connectivity index (χ2n) is 1.54. The van der Waals surface area contributed by atoms with E-state index in [0.29, 0.717) is 4.60 Å². The molecular formula is C4H3BrN2O3S. The number of nitrogens with zero attached hydrogens (tertiary/aromatic N) is 2. The van der Waals surface area contributed by atoms with Crippen molar-refractivity contribution >= 4 is 33.6 Å². The van der Waals surface area contributed by atoms with Crippen molar-refractivity contribution in [3.05, 3.63) is 4.60 Å². The largest absolute Gasteiger partial charge is 0.479 e. The van der Waals surface area contributed by atoms with E-state index < -0.39 is 12.6 Å². The molecule has 1 heterocycles. The van der Waals surface area contributed by atoms with Gasteiger partial charge >= 0.3 is 5.97 Å². The van der Waals surface area contributed by atoms with Crippen LogP contribution < -0.4 is 4.74 Å². The molecule has 0 aromatic carbocycles. The van der Waals surface area contributed by atoms with Gasteiger partial charge in [0.1, 0.15) is 0 Å². The van der Waals surface area contributed by atoms with Crippen molar-refractivity contribution in [3.8, 4) is 5.88 Å². The van der Waals surface area contributed by atoms with Crippen LogP contribution in [0, 0.1) is 0 Å². The van der Waals surface area contributed by atoms with Gasteiger partial charge in [0.05, 0.1) is 11.7 Å². The first-order chi connectivity index (χ1) is 5.20. The van der Waals surface area contributed by atoms with Crippen LogP contribution in [-0.4, -0.2) is 26.4 Å². The Kier molecular flexibility index (Phi) is 2.77. The van der Waals surface area contributed by atoms with Gasteiger partial charge in [-0.05, 0) is 15.9 Å². The predicted octanol–water partition coefficient (Wildman–Crippen LogP) is 0.764. The number of carboxylic acids is 1.